The Hall–Kier alpha value is -2.03. The normalized spacial score (nSPS) is 12.2. The van der Waals surface area contributed by atoms with Crippen LogP contribution in [0.5, 0.6) is 0 Å². The molecule has 9 heteroatoms. The number of aldehydes is 1. The van der Waals surface area contributed by atoms with Crippen LogP contribution in [0.3, 0.4) is 0 Å². The van der Waals surface area contributed by atoms with Gasteiger partial charge in [-0.05, 0) is 11.5 Å². The van der Waals surface area contributed by atoms with E-state index in [1.807, 2.05) is 0 Å². The molecule has 0 saturated heterocycles. The van der Waals surface area contributed by atoms with Gasteiger partial charge in [0, 0.05) is 5.38 Å². The molecule has 0 aromatic carbocycles. The number of rotatable bonds is 5. The molecule has 2 aromatic rings. The second-order valence-electron chi connectivity index (χ2n) is 2.92. The van der Waals surface area contributed by atoms with E-state index in [2.05, 4.69) is 30.2 Å². The SMILES string of the molecule is O=CC(C(=O)Cc1csnn1)c1nn[nH]n1. The van der Waals surface area contributed by atoms with Crippen molar-refractivity contribution >= 4 is 23.6 Å². The predicted molar refractivity (Wildman–Crippen MR) is 51.6 cm³/mol. The van der Waals surface area contributed by atoms with E-state index in [0.29, 0.717) is 12.0 Å². The third-order valence-electron chi connectivity index (χ3n) is 1.88. The van der Waals surface area contributed by atoms with Gasteiger partial charge in [0.15, 0.2) is 11.6 Å². The van der Waals surface area contributed by atoms with Crippen LogP contribution in [-0.2, 0) is 16.0 Å². The molecule has 0 bridgehead atoms. The number of carbonyl (C=O) groups excluding carboxylic acids is 2. The highest BCUT2D eigenvalue weighted by Gasteiger charge is 2.24. The second-order valence-corrected chi connectivity index (χ2v) is 3.53. The predicted octanol–water partition coefficient (Wildman–Crippen LogP) is -0.855. The number of aromatic nitrogens is 6. The highest BCUT2D eigenvalue weighted by atomic mass is 32.1. The molecule has 2 heterocycles. The summed E-state index contributed by atoms with van der Waals surface area (Å²) in [7, 11) is 0. The van der Waals surface area contributed by atoms with Gasteiger partial charge in [-0.15, -0.1) is 15.3 Å². The van der Waals surface area contributed by atoms with E-state index >= 15 is 0 Å². The summed E-state index contributed by atoms with van der Waals surface area (Å²) in [6.07, 6.45) is 0.529. The third kappa shape index (κ3) is 2.14. The van der Waals surface area contributed by atoms with Crippen LogP contribution in [0.2, 0.25) is 0 Å². The zero-order chi connectivity index (χ0) is 11.4. The monoisotopic (exact) mass is 238 g/mol. The zero-order valence-corrected chi connectivity index (χ0v) is 8.72. The van der Waals surface area contributed by atoms with Crippen LogP contribution < -0.4 is 0 Å². The van der Waals surface area contributed by atoms with Crippen LogP contribution in [0.1, 0.15) is 17.4 Å². The van der Waals surface area contributed by atoms with Gasteiger partial charge in [0.05, 0.1) is 12.1 Å². The van der Waals surface area contributed by atoms with Crippen molar-refractivity contribution in [1.29, 1.82) is 0 Å². The van der Waals surface area contributed by atoms with E-state index in [0.717, 1.165) is 11.5 Å². The lowest BCUT2D eigenvalue weighted by Crippen LogP contribution is -2.18. The van der Waals surface area contributed by atoms with E-state index in [-0.39, 0.29) is 18.0 Å². The van der Waals surface area contributed by atoms with Crippen molar-refractivity contribution in [3.8, 4) is 0 Å². The number of tetrazole rings is 1. The molecule has 1 atom stereocenters. The number of carbonyl (C=O) groups is 2. The highest BCUT2D eigenvalue weighted by molar-refractivity contribution is 7.03. The van der Waals surface area contributed by atoms with Gasteiger partial charge in [-0.3, -0.25) is 4.79 Å². The number of nitrogens with one attached hydrogen (secondary N) is 1. The molecule has 2 rings (SSSR count). The van der Waals surface area contributed by atoms with Crippen LogP contribution >= 0.6 is 11.5 Å². The van der Waals surface area contributed by atoms with Crippen LogP contribution in [-0.4, -0.2) is 42.3 Å². The first kappa shape index (κ1) is 10.5. The number of H-pyrrole nitrogens is 1. The number of nitrogens with zero attached hydrogens (tertiary/aromatic N) is 5. The molecule has 0 aliphatic heterocycles. The van der Waals surface area contributed by atoms with Crippen molar-refractivity contribution in [3.05, 3.63) is 16.9 Å². The standard InChI is InChI=1S/C7H6N6O2S/c14-2-5(7-9-11-12-10-7)6(15)1-4-3-16-13-8-4/h2-3,5H,1H2,(H,9,10,11,12). The highest BCUT2D eigenvalue weighted by Crippen LogP contribution is 2.11. The van der Waals surface area contributed by atoms with E-state index < -0.39 is 5.92 Å². The smallest absolute Gasteiger partial charge is 0.192 e. The van der Waals surface area contributed by atoms with Gasteiger partial charge in [0.1, 0.15) is 12.2 Å². The Labute approximate surface area is 93.2 Å². The van der Waals surface area contributed by atoms with Gasteiger partial charge in [-0.2, -0.15) is 5.21 Å². The summed E-state index contributed by atoms with van der Waals surface area (Å²) in [5, 5.41) is 18.1. The summed E-state index contributed by atoms with van der Waals surface area (Å²) in [5.74, 6) is -1.26. The van der Waals surface area contributed by atoms with Crippen molar-refractivity contribution in [1.82, 2.24) is 30.2 Å². The van der Waals surface area contributed by atoms with Gasteiger partial charge in [-0.1, -0.05) is 9.70 Å². The Balaban J connectivity index is 2.11. The number of hydrogen-bond donors (Lipinski definition) is 1. The Bertz CT molecular complexity index is 467. The Morgan fingerprint density at radius 3 is 3.00 bits per heavy atom. The molecular formula is C7H6N6O2S. The fourth-order valence-electron chi connectivity index (χ4n) is 1.13. The second kappa shape index (κ2) is 4.66. The first-order chi connectivity index (χ1) is 7.81. The van der Waals surface area contributed by atoms with Gasteiger partial charge in [-0.25, -0.2) is 0 Å². The zero-order valence-electron chi connectivity index (χ0n) is 7.90. The fraction of sp³-hybridized carbons (Fsp3) is 0.286. The minimum absolute atomic E-state index is 0.0362. The first-order valence-corrected chi connectivity index (χ1v) is 5.12. The minimum Gasteiger partial charge on any atom is -0.302 e. The molecule has 0 aliphatic carbocycles. The molecule has 82 valence electrons. The molecule has 8 nitrogen and oxygen atoms in total. The van der Waals surface area contributed by atoms with Crippen LogP contribution in [0.4, 0.5) is 0 Å². The van der Waals surface area contributed by atoms with Crippen molar-refractivity contribution in [3.63, 3.8) is 0 Å². The van der Waals surface area contributed by atoms with Crippen molar-refractivity contribution in [2.75, 3.05) is 0 Å². The van der Waals surface area contributed by atoms with E-state index in [9.17, 15) is 9.59 Å². The minimum atomic E-state index is -1.000. The molecular weight excluding hydrogens is 232 g/mol. The van der Waals surface area contributed by atoms with Crippen molar-refractivity contribution in [2.45, 2.75) is 12.3 Å². The third-order valence-corrected chi connectivity index (χ3v) is 2.44. The molecule has 0 saturated carbocycles. The summed E-state index contributed by atoms with van der Waals surface area (Å²) in [5.41, 5.74) is 0.533. The maximum absolute atomic E-state index is 11.7. The quantitative estimate of drug-likeness (QED) is 0.532. The summed E-state index contributed by atoms with van der Waals surface area (Å²) in [6.45, 7) is 0. The fourth-order valence-corrected chi connectivity index (χ4v) is 1.58. The maximum Gasteiger partial charge on any atom is 0.192 e. The van der Waals surface area contributed by atoms with E-state index in [1.54, 1.807) is 5.38 Å². The molecule has 16 heavy (non-hydrogen) atoms. The molecule has 0 fully saturated rings. The molecule has 0 spiro atoms. The number of Topliss-reactive ketones (excluding diaryl/α,β-unsaturated/α-hetero) is 1. The molecule has 0 radical (unpaired) electrons. The van der Waals surface area contributed by atoms with Gasteiger partial charge in [0.2, 0.25) is 0 Å². The lowest BCUT2D eigenvalue weighted by atomic mass is 10.0. The molecule has 1 N–H and O–H groups in total. The lowest BCUT2D eigenvalue weighted by molar-refractivity contribution is -0.124. The maximum atomic E-state index is 11.7. The van der Waals surface area contributed by atoms with Crippen LogP contribution in [0.25, 0.3) is 0 Å². The van der Waals surface area contributed by atoms with E-state index in [4.69, 9.17) is 0 Å². The molecule has 0 aliphatic rings. The van der Waals surface area contributed by atoms with Crippen LogP contribution in [0, 0.1) is 0 Å². The molecule has 0 amide bonds. The topological polar surface area (TPSA) is 114 Å². The Morgan fingerprint density at radius 1 is 1.56 bits per heavy atom. The van der Waals surface area contributed by atoms with Gasteiger partial charge >= 0.3 is 0 Å². The Kier molecular flexibility index (Phi) is 3.05. The van der Waals surface area contributed by atoms with Crippen molar-refractivity contribution in [2.24, 2.45) is 0 Å². The lowest BCUT2D eigenvalue weighted by Gasteiger charge is -2.01. The number of ketones is 1. The summed E-state index contributed by atoms with van der Waals surface area (Å²) < 4.78 is 3.62. The average molecular weight is 238 g/mol. The van der Waals surface area contributed by atoms with Crippen LogP contribution in [0.15, 0.2) is 5.38 Å². The van der Waals surface area contributed by atoms with Gasteiger partial charge < -0.3 is 4.79 Å². The largest absolute Gasteiger partial charge is 0.302 e. The molecule has 2 aromatic heterocycles. The van der Waals surface area contributed by atoms with E-state index in [1.165, 1.54) is 0 Å². The molecule has 1 unspecified atom stereocenters. The summed E-state index contributed by atoms with van der Waals surface area (Å²) in [4.78, 5) is 22.5. The first-order valence-electron chi connectivity index (χ1n) is 4.28. The number of hydrogen-bond acceptors (Lipinski definition) is 8. The van der Waals surface area contributed by atoms with Gasteiger partial charge in [0.25, 0.3) is 0 Å². The number of aromatic amines is 1. The van der Waals surface area contributed by atoms with Crippen molar-refractivity contribution < 1.29 is 9.59 Å². The average Bonchev–Trinajstić information content (AvgIpc) is 2.91. The summed E-state index contributed by atoms with van der Waals surface area (Å²) in [6, 6.07) is 0. The summed E-state index contributed by atoms with van der Waals surface area (Å²) >= 11 is 1.15. The Morgan fingerprint density at radius 2 is 2.44 bits per heavy atom.